The molecule has 0 unspecified atom stereocenters. The van der Waals surface area contributed by atoms with E-state index in [1.165, 1.54) is 4.52 Å². The number of halogens is 4. The molecule has 2 aliphatic rings. The van der Waals surface area contributed by atoms with E-state index in [4.69, 9.17) is 0 Å². The molecule has 2 fully saturated rings. The highest BCUT2D eigenvalue weighted by Gasteiger charge is 2.34. The molecule has 0 aromatic carbocycles. The molecule has 1 amide bonds. The van der Waals surface area contributed by atoms with Crippen molar-refractivity contribution in [2.24, 2.45) is 5.92 Å². The number of rotatable bonds is 7. The van der Waals surface area contributed by atoms with Gasteiger partial charge in [0.1, 0.15) is 22.7 Å². The quantitative estimate of drug-likeness (QED) is 0.473. The lowest BCUT2D eigenvalue weighted by Gasteiger charge is -2.33. The van der Waals surface area contributed by atoms with Gasteiger partial charge in [-0.1, -0.05) is 17.4 Å². The number of anilines is 1. The van der Waals surface area contributed by atoms with E-state index in [2.05, 4.69) is 25.9 Å². The van der Waals surface area contributed by atoms with Crippen molar-refractivity contribution in [2.75, 3.05) is 25.5 Å². The molecule has 0 spiro atoms. The second-order valence-electron chi connectivity index (χ2n) is 9.14. The number of nitrogens with one attached hydrogen (secondary N) is 2. The van der Waals surface area contributed by atoms with Crippen LogP contribution in [0.25, 0.3) is 16.2 Å². The second kappa shape index (κ2) is 9.34. The first kappa shape index (κ1) is 23.9. The highest BCUT2D eigenvalue weighted by molar-refractivity contribution is 7.14. The Morgan fingerprint density at radius 3 is 2.74 bits per heavy atom. The van der Waals surface area contributed by atoms with Crippen molar-refractivity contribution >= 4 is 28.6 Å². The summed E-state index contributed by atoms with van der Waals surface area (Å²) in [6.07, 6.45) is -4.48. The summed E-state index contributed by atoms with van der Waals surface area (Å²) in [6, 6.07) is 4.39. The minimum absolute atomic E-state index is 0.0222. The molecule has 2 N–H and O–H groups in total. The summed E-state index contributed by atoms with van der Waals surface area (Å²) in [6.45, 7) is 1.15. The molecule has 1 aliphatic heterocycles. The summed E-state index contributed by atoms with van der Waals surface area (Å²) in [4.78, 5) is 13.8. The van der Waals surface area contributed by atoms with Gasteiger partial charge in [-0.25, -0.2) is 8.91 Å². The highest BCUT2D eigenvalue weighted by Crippen LogP contribution is 2.35. The SMILES string of the molecule is CN1CC[C@@H](Nc2cccc3c(CC(F)(F)F)c(-c4nnc(CNC(=O)C5CC5)s4)nn23)[C@@H](F)C1. The predicted molar refractivity (Wildman–Crippen MR) is 123 cm³/mol. The van der Waals surface area contributed by atoms with E-state index in [1.54, 1.807) is 18.2 Å². The molecule has 5 rings (SSSR count). The third-order valence-corrected chi connectivity index (χ3v) is 7.18. The Labute approximate surface area is 202 Å². The van der Waals surface area contributed by atoms with Crippen molar-refractivity contribution in [3.8, 4) is 10.7 Å². The summed E-state index contributed by atoms with van der Waals surface area (Å²) in [7, 11) is 1.85. The van der Waals surface area contributed by atoms with Crippen LogP contribution in [0, 0.1) is 5.92 Å². The Bertz CT molecular complexity index is 1220. The number of carbonyl (C=O) groups is 1. The summed E-state index contributed by atoms with van der Waals surface area (Å²) in [5.74, 6) is 0.400. The molecule has 1 saturated carbocycles. The molecule has 0 radical (unpaired) electrons. The fraction of sp³-hybridized carbons (Fsp3) is 0.545. The topological polar surface area (TPSA) is 87.5 Å². The van der Waals surface area contributed by atoms with Crippen molar-refractivity contribution in [1.82, 2.24) is 30.0 Å². The smallest absolute Gasteiger partial charge is 0.364 e. The maximum Gasteiger partial charge on any atom is 0.393 e. The lowest BCUT2D eigenvalue weighted by Crippen LogP contribution is -2.46. The van der Waals surface area contributed by atoms with Gasteiger partial charge in [-0.3, -0.25) is 4.79 Å². The largest absolute Gasteiger partial charge is 0.393 e. The van der Waals surface area contributed by atoms with Crippen molar-refractivity contribution in [2.45, 2.75) is 50.6 Å². The van der Waals surface area contributed by atoms with Crippen LogP contribution in [-0.2, 0) is 17.8 Å². The van der Waals surface area contributed by atoms with Crippen LogP contribution in [0.5, 0.6) is 0 Å². The second-order valence-corrected chi connectivity index (χ2v) is 10.2. The molecule has 2 atom stereocenters. The number of hydrogen-bond acceptors (Lipinski definition) is 7. The van der Waals surface area contributed by atoms with Crippen LogP contribution < -0.4 is 10.6 Å². The minimum atomic E-state index is -4.47. The first-order valence-corrected chi connectivity index (χ1v) is 12.3. The maximum absolute atomic E-state index is 14.6. The Morgan fingerprint density at radius 2 is 2.03 bits per heavy atom. The fourth-order valence-corrected chi connectivity index (χ4v) is 5.05. The Kier molecular flexibility index (Phi) is 6.38. The number of likely N-dealkylation sites (tertiary alicyclic amines) is 1. The number of pyridine rings is 1. The zero-order valence-electron chi connectivity index (χ0n) is 19.0. The van der Waals surface area contributed by atoms with E-state index >= 15 is 0 Å². The Balaban J connectivity index is 1.46. The lowest BCUT2D eigenvalue weighted by molar-refractivity contribution is -0.127. The summed E-state index contributed by atoms with van der Waals surface area (Å²) in [5.41, 5.74) is 0.324. The monoisotopic (exact) mass is 511 g/mol. The van der Waals surface area contributed by atoms with Crippen LogP contribution in [-0.4, -0.2) is 69.1 Å². The third-order valence-electron chi connectivity index (χ3n) is 6.25. The molecule has 8 nitrogen and oxygen atoms in total. The molecular formula is C22H25F4N7OS. The van der Waals surface area contributed by atoms with Gasteiger partial charge < -0.3 is 15.5 Å². The number of hydrogen-bond donors (Lipinski definition) is 2. The molecule has 3 aromatic heterocycles. The highest BCUT2D eigenvalue weighted by atomic mass is 32.1. The molecule has 1 saturated heterocycles. The van der Waals surface area contributed by atoms with Gasteiger partial charge in [0.25, 0.3) is 0 Å². The van der Waals surface area contributed by atoms with E-state index in [-0.39, 0.29) is 46.7 Å². The number of amides is 1. The molecule has 0 bridgehead atoms. The van der Waals surface area contributed by atoms with Crippen LogP contribution in [0.15, 0.2) is 18.2 Å². The minimum Gasteiger partial charge on any atom is -0.364 e. The van der Waals surface area contributed by atoms with Crippen molar-refractivity contribution < 1.29 is 22.4 Å². The van der Waals surface area contributed by atoms with E-state index in [9.17, 15) is 22.4 Å². The normalized spacial score (nSPS) is 21.4. The summed E-state index contributed by atoms with van der Waals surface area (Å²) in [5, 5.41) is 19.2. The summed E-state index contributed by atoms with van der Waals surface area (Å²) < 4.78 is 56.5. The molecule has 4 heterocycles. The Morgan fingerprint density at radius 1 is 1.23 bits per heavy atom. The van der Waals surface area contributed by atoms with Gasteiger partial charge in [0.15, 0.2) is 5.01 Å². The maximum atomic E-state index is 14.6. The van der Waals surface area contributed by atoms with Crippen LogP contribution in [0.3, 0.4) is 0 Å². The standard InChI is InChI=1S/C22H25F4N7OS/c1-32-8-7-15(14(23)11-32)28-17-4-2-3-16-13(9-22(24,25)26)19(31-33(16)17)21-30-29-18(35-21)10-27-20(34)12-5-6-12/h2-4,12,14-15,28H,5-11H2,1H3,(H,27,34)/t14-,15+/m0/s1. The number of piperidine rings is 1. The van der Waals surface area contributed by atoms with Gasteiger partial charge in [0.2, 0.25) is 5.91 Å². The molecule has 13 heteroatoms. The van der Waals surface area contributed by atoms with Gasteiger partial charge in [-0.15, -0.1) is 10.2 Å². The van der Waals surface area contributed by atoms with Gasteiger partial charge in [0.05, 0.1) is 24.5 Å². The van der Waals surface area contributed by atoms with Gasteiger partial charge >= 0.3 is 6.18 Å². The molecule has 35 heavy (non-hydrogen) atoms. The van der Waals surface area contributed by atoms with Gasteiger partial charge in [-0.05, 0) is 38.4 Å². The number of nitrogens with zero attached hydrogens (tertiary/aromatic N) is 5. The zero-order chi connectivity index (χ0) is 24.7. The lowest BCUT2D eigenvalue weighted by atomic mass is 10.0. The van der Waals surface area contributed by atoms with Gasteiger partial charge in [0, 0.05) is 24.6 Å². The van der Waals surface area contributed by atoms with Gasteiger partial charge in [-0.2, -0.15) is 18.3 Å². The van der Waals surface area contributed by atoms with Crippen molar-refractivity contribution in [3.63, 3.8) is 0 Å². The number of fused-ring (bicyclic) bond motifs is 1. The molecule has 3 aromatic rings. The van der Waals surface area contributed by atoms with Crippen LogP contribution >= 0.6 is 11.3 Å². The first-order chi connectivity index (χ1) is 16.7. The van der Waals surface area contributed by atoms with Crippen LogP contribution in [0.2, 0.25) is 0 Å². The third kappa shape index (κ3) is 5.40. The molecular weight excluding hydrogens is 486 g/mol. The number of carbonyl (C=O) groups excluding carboxylic acids is 1. The van der Waals surface area contributed by atoms with E-state index in [1.807, 2.05) is 11.9 Å². The van der Waals surface area contributed by atoms with Crippen molar-refractivity contribution in [1.29, 1.82) is 0 Å². The van der Waals surface area contributed by atoms with Crippen LogP contribution in [0.1, 0.15) is 29.8 Å². The van der Waals surface area contributed by atoms with E-state index < -0.39 is 24.8 Å². The average Bonchev–Trinajstić information content (AvgIpc) is 3.44. The van der Waals surface area contributed by atoms with E-state index in [0.29, 0.717) is 23.8 Å². The first-order valence-electron chi connectivity index (χ1n) is 11.4. The predicted octanol–water partition coefficient (Wildman–Crippen LogP) is 3.44. The molecule has 188 valence electrons. The van der Waals surface area contributed by atoms with E-state index in [0.717, 1.165) is 24.2 Å². The molecule has 1 aliphatic carbocycles. The zero-order valence-corrected chi connectivity index (χ0v) is 19.8. The average molecular weight is 512 g/mol. The number of aromatic nitrogens is 4. The fourth-order valence-electron chi connectivity index (χ4n) is 4.26. The summed E-state index contributed by atoms with van der Waals surface area (Å²) >= 11 is 1.09. The van der Waals surface area contributed by atoms with Crippen molar-refractivity contribution in [3.05, 3.63) is 28.8 Å². The van der Waals surface area contributed by atoms with Crippen LogP contribution in [0.4, 0.5) is 23.4 Å². The Hall–Kier alpha value is -2.80. The number of alkyl halides is 4.